The fourth-order valence-corrected chi connectivity index (χ4v) is 5.09. The number of hydrogen-bond acceptors (Lipinski definition) is 6. The molecule has 2 rings (SSSR count). The molecule has 0 bridgehead atoms. The van der Waals surface area contributed by atoms with Crippen LogP contribution in [0, 0.1) is 6.92 Å². The Kier molecular flexibility index (Phi) is 8.16. The summed E-state index contributed by atoms with van der Waals surface area (Å²) in [7, 11) is -6.27. The summed E-state index contributed by atoms with van der Waals surface area (Å²) in [5.41, 5.74) is 1.06. The maximum absolute atomic E-state index is 12.7. The van der Waals surface area contributed by atoms with Crippen LogP contribution in [0.25, 0.3) is 0 Å². The molecule has 0 fully saturated rings. The van der Waals surface area contributed by atoms with E-state index >= 15 is 0 Å². The standard InChI is InChI=1S/C20H26ClN3O6S2/c1-13(2)23-32(28,29)16-8-9-19(30-4)18(11-16)22-20(25)12-24(31(5,26)27)15-7-6-14(3)17(21)10-15/h6-11,13,23H,12H2,1-5H3,(H,22,25). The second-order valence-electron chi connectivity index (χ2n) is 7.39. The summed E-state index contributed by atoms with van der Waals surface area (Å²) in [6.07, 6.45) is 0.972. The fraction of sp³-hybridized carbons (Fsp3) is 0.350. The van der Waals surface area contributed by atoms with Crippen molar-refractivity contribution in [3.63, 3.8) is 0 Å². The zero-order valence-electron chi connectivity index (χ0n) is 18.3. The van der Waals surface area contributed by atoms with Gasteiger partial charge >= 0.3 is 0 Å². The number of nitrogens with one attached hydrogen (secondary N) is 2. The molecule has 32 heavy (non-hydrogen) atoms. The van der Waals surface area contributed by atoms with Crippen molar-refractivity contribution in [3.8, 4) is 5.75 Å². The van der Waals surface area contributed by atoms with Gasteiger partial charge in [-0.05, 0) is 56.7 Å². The molecule has 0 heterocycles. The van der Waals surface area contributed by atoms with Gasteiger partial charge in [0.05, 0.1) is 29.6 Å². The Labute approximate surface area is 193 Å². The van der Waals surface area contributed by atoms with E-state index in [4.69, 9.17) is 16.3 Å². The van der Waals surface area contributed by atoms with Crippen LogP contribution in [0.3, 0.4) is 0 Å². The molecule has 0 saturated heterocycles. The lowest BCUT2D eigenvalue weighted by Gasteiger charge is -2.23. The Morgan fingerprint density at radius 2 is 1.78 bits per heavy atom. The molecule has 2 N–H and O–H groups in total. The second kappa shape index (κ2) is 10.1. The zero-order chi connectivity index (χ0) is 24.3. The van der Waals surface area contributed by atoms with E-state index in [1.807, 2.05) is 0 Å². The minimum atomic E-state index is -3.82. The number of benzene rings is 2. The van der Waals surface area contributed by atoms with Crippen molar-refractivity contribution < 1.29 is 26.4 Å². The molecule has 0 aliphatic rings. The van der Waals surface area contributed by atoms with E-state index in [1.165, 1.54) is 31.4 Å². The highest BCUT2D eigenvalue weighted by Crippen LogP contribution is 2.28. The van der Waals surface area contributed by atoms with Gasteiger partial charge in [0.25, 0.3) is 0 Å². The van der Waals surface area contributed by atoms with Gasteiger partial charge in [-0.3, -0.25) is 9.10 Å². The van der Waals surface area contributed by atoms with Crippen LogP contribution < -0.4 is 19.1 Å². The first-order chi connectivity index (χ1) is 14.7. The van der Waals surface area contributed by atoms with Crippen LogP contribution in [0.5, 0.6) is 5.75 Å². The number of methoxy groups -OCH3 is 1. The summed E-state index contributed by atoms with van der Waals surface area (Å²) in [5.74, 6) is -0.483. The topological polar surface area (TPSA) is 122 Å². The number of ether oxygens (including phenoxy) is 1. The molecule has 0 saturated carbocycles. The number of sulfonamides is 2. The molecule has 1 amide bonds. The molecule has 2 aromatic carbocycles. The summed E-state index contributed by atoms with van der Waals surface area (Å²) in [4.78, 5) is 12.7. The van der Waals surface area contributed by atoms with Gasteiger partial charge in [-0.15, -0.1) is 0 Å². The van der Waals surface area contributed by atoms with E-state index in [-0.39, 0.29) is 28.1 Å². The summed E-state index contributed by atoms with van der Waals surface area (Å²) in [6.45, 7) is 4.58. The Morgan fingerprint density at radius 3 is 2.31 bits per heavy atom. The lowest BCUT2D eigenvalue weighted by molar-refractivity contribution is -0.114. The number of amides is 1. The molecule has 0 radical (unpaired) electrons. The van der Waals surface area contributed by atoms with Crippen LogP contribution in [0.4, 0.5) is 11.4 Å². The normalized spacial score (nSPS) is 12.0. The summed E-state index contributed by atoms with van der Waals surface area (Å²) in [6, 6.07) is 8.30. The summed E-state index contributed by atoms with van der Waals surface area (Å²) >= 11 is 6.11. The highest BCUT2D eigenvalue weighted by atomic mass is 35.5. The van der Waals surface area contributed by atoms with Gasteiger partial charge in [0.15, 0.2) is 0 Å². The molecule has 0 atom stereocenters. The number of carbonyl (C=O) groups is 1. The molecule has 176 valence electrons. The number of hydrogen-bond donors (Lipinski definition) is 2. The summed E-state index contributed by atoms with van der Waals surface area (Å²) in [5, 5.41) is 2.89. The first-order valence-electron chi connectivity index (χ1n) is 9.48. The van der Waals surface area contributed by atoms with Crippen LogP contribution in [-0.2, 0) is 24.8 Å². The Bertz CT molecular complexity index is 1210. The van der Waals surface area contributed by atoms with E-state index in [1.54, 1.807) is 32.9 Å². The SMILES string of the molecule is COc1ccc(S(=O)(=O)NC(C)C)cc1NC(=O)CN(c1ccc(C)c(Cl)c1)S(C)(=O)=O. The highest BCUT2D eigenvalue weighted by molar-refractivity contribution is 7.92. The van der Waals surface area contributed by atoms with E-state index in [9.17, 15) is 21.6 Å². The van der Waals surface area contributed by atoms with Gasteiger partial charge in [0.1, 0.15) is 12.3 Å². The van der Waals surface area contributed by atoms with Crippen molar-refractivity contribution in [1.29, 1.82) is 0 Å². The van der Waals surface area contributed by atoms with Gasteiger partial charge in [-0.25, -0.2) is 21.6 Å². The minimum absolute atomic E-state index is 0.0763. The number of anilines is 2. The predicted octanol–water partition coefficient (Wildman–Crippen LogP) is 2.75. The van der Waals surface area contributed by atoms with Crippen LogP contribution in [0.2, 0.25) is 5.02 Å². The number of aryl methyl sites for hydroxylation is 1. The van der Waals surface area contributed by atoms with Crippen molar-refractivity contribution in [2.45, 2.75) is 31.7 Å². The lowest BCUT2D eigenvalue weighted by atomic mass is 10.2. The molecular weight excluding hydrogens is 478 g/mol. The summed E-state index contributed by atoms with van der Waals surface area (Å²) < 4.78 is 58.1. The van der Waals surface area contributed by atoms with E-state index in [0.717, 1.165) is 16.1 Å². The van der Waals surface area contributed by atoms with Crippen molar-refractivity contribution in [3.05, 3.63) is 47.0 Å². The average Bonchev–Trinajstić information content (AvgIpc) is 2.66. The lowest BCUT2D eigenvalue weighted by Crippen LogP contribution is -2.37. The molecule has 0 unspecified atom stereocenters. The van der Waals surface area contributed by atoms with Gasteiger partial charge in [-0.1, -0.05) is 17.7 Å². The van der Waals surface area contributed by atoms with Crippen molar-refractivity contribution in [2.24, 2.45) is 0 Å². The first-order valence-corrected chi connectivity index (χ1v) is 13.2. The van der Waals surface area contributed by atoms with Crippen LogP contribution in [0.1, 0.15) is 19.4 Å². The van der Waals surface area contributed by atoms with E-state index in [2.05, 4.69) is 10.0 Å². The first kappa shape index (κ1) is 25.9. The molecule has 9 nitrogen and oxygen atoms in total. The third-order valence-corrected chi connectivity index (χ3v) is 7.48. The van der Waals surface area contributed by atoms with Crippen molar-refractivity contribution in [1.82, 2.24) is 4.72 Å². The van der Waals surface area contributed by atoms with Gasteiger partial charge < -0.3 is 10.1 Å². The third-order valence-electron chi connectivity index (χ3n) is 4.28. The predicted molar refractivity (Wildman–Crippen MR) is 125 cm³/mol. The molecule has 12 heteroatoms. The van der Waals surface area contributed by atoms with Crippen LogP contribution >= 0.6 is 11.6 Å². The maximum Gasteiger partial charge on any atom is 0.245 e. The minimum Gasteiger partial charge on any atom is -0.495 e. The smallest absolute Gasteiger partial charge is 0.245 e. The monoisotopic (exact) mass is 503 g/mol. The second-order valence-corrected chi connectivity index (χ2v) is 11.4. The maximum atomic E-state index is 12.7. The molecule has 0 aliphatic heterocycles. The van der Waals surface area contributed by atoms with Gasteiger partial charge in [-0.2, -0.15) is 0 Å². The van der Waals surface area contributed by atoms with Crippen molar-refractivity contribution in [2.75, 3.05) is 29.5 Å². The molecule has 2 aromatic rings. The number of rotatable bonds is 9. The van der Waals surface area contributed by atoms with Crippen molar-refractivity contribution >= 4 is 48.9 Å². The average molecular weight is 504 g/mol. The number of nitrogens with zero attached hydrogens (tertiary/aromatic N) is 1. The highest BCUT2D eigenvalue weighted by Gasteiger charge is 2.23. The fourth-order valence-electron chi connectivity index (χ4n) is 2.79. The number of carbonyl (C=O) groups excluding carboxylic acids is 1. The molecular formula is C20H26ClN3O6S2. The Morgan fingerprint density at radius 1 is 1.12 bits per heavy atom. The van der Waals surface area contributed by atoms with Gasteiger partial charge in [0, 0.05) is 11.1 Å². The Balaban J connectivity index is 2.35. The van der Waals surface area contributed by atoms with Crippen LogP contribution in [-0.4, -0.2) is 48.7 Å². The quantitative estimate of drug-likeness (QED) is 0.542. The molecule has 0 aliphatic carbocycles. The molecule has 0 aromatic heterocycles. The molecule has 0 spiro atoms. The Hall–Kier alpha value is -2.34. The van der Waals surface area contributed by atoms with Crippen LogP contribution in [0.15, 0.2) is 41.3 Å². The third kappa shape index (κ3) is 6.58. The van der Waals surface area contributed by atoms with E-state index < -0.39 is 32.5 Å². The van der Waals surface area contributed by atoms with Gasteiger partial charge in [0.2, 0.25) is 26.0 Å². The van der Waals surface area contributed by atoms with E-state index in [0.29, 0.717) is 5.02 Å². The zero-order valence-corrected chi connectivity index (χ0v) is 20.7. The largest absolute Gasteiger partial charge is 0.495 e. The number of halogens is 1.